The number of aldehydes is 1. The molecule has 1 unspecified atom stereocenters. The maximum Gasteiger partial charge on any atom is 0.178 e. The maximum absolute atomic E-state index is 12.1. The Bertz CT molecular complexity index is 532. The lowest BCUT2D eigenvalue weighted by Crippen LogP contribution is -2.29. The van der Waals surface area contributed by atoms with Crippen molar-refractivity contribution in [2.75, 3.05) is 14.2 Å². The summed E-state index contributed by atoms with van der Waals surface area (Å²) in [6.07, 6.45) is 0.390. The van der Waals surface area contributed by atoms with Gasteiger partial charge in [-0.25, -0.2) is 0 Å². The van der Waals surface area contributed by atoms with Crippen molar-refractivity contribution in [3.63, 3.8) is 0 Å². The lowest BCUT2D eigenvalue weighted by Gasteiger charge is -2.22. The van der Waals surface area contributed by atoms with E-state index in [1.54, 1.807) is 12.1 Å². The fourth-order valence-corrected chi connectivity index (χ4v) is 2.12. The normalized spacial score (nSPS) is 18.2. The molecule has 0 aromatic heterocycles. The third kappa shape index (κ3) is 1.68. The summed E-state index contributed by atoms with van der Waals surface area (Å²) in [6, 6.07) is 3.13. The quantitative estimate of drug-likeness (QED) is 0.595. The molecule has 5 nitrogen and oxygen atoms in total. The van der Waals surface area contributed by atoms with Gasteiger partial charge >= 0.3 is 0 Å². The fraction of sp³-hybridized carbons (Fsp3) is 0.308. The largest absolute Gasteiger partial charge is 0.496 e. The first-order valence-corrected chi connectivity index (χ1v) is 5.41. The first-order valence-electron chi connectivity index (χ1n) is 5.41. The number of hydrogen-bond acceptors (Lipinski definition) is 5. The van der Waals surface area contributed by atoms with Gasteiger partial charge in [-0.2, -0.15) is 0 Å². The molecule has 1 aromatic rings. The summed E-state index contributed by atoms with van der Waals surface area (Å²) >= 11 is 0. The summed E-state index contributed by atoms with van der Waals surface area (Å²) in [5.74, 6) is -0.983. The smallest absolute Gasteiger partial charge is 0.178 e. The van der Waals surface area contributed by atoms with Gasteiger partial charge in [0.25, 0.3) is 0 Å². The molecule has 0 aliphatic heterocycles. The molecule has 2 rings (SSSR count). The van der Waals surface area contributed by atoms with Crippen LogP contribution in [0.1, 0.15) is 27.1 Å². The van der Waals surface area contributed by atoms with Gasteiger partial charge in [0.05, 0.1) is 31.3 Å². The number of methoxy groups -OCH3 is 2. The van der Waals surface area contributed by atoms with Gasteiger partial charge in [0, 0.05) is 6.42 Å². The van der Waals surface area contributed by atoms with Crippen molar-refractivity contribution in [2.24, 2.45) is 5.92 Å². The number of carbonyl (C=O) groups excluding carboxylic acids is 3. The Labute approximate surface area is 104 Å². The average molecular weight is 248 g/mol. The highest BCUT2D eigenvalue weighted by molar-refractivity contribution is 6.21. The monoisotopic (exact) mass is 248 g/mol. The van der Waals surface area contributed by atoms with Crippen LogP contribution in [0, 0.1) is 5.92 Å². The summed E-state index contributed by atoms with van der Waals surface area (Å²) in [4.78, 5) is 35.0. The van der Waals surface area contributed by atoms with E-state index in [1.807, 2.05) is 0 Å². The number of rotatable bonds is 3. The molecule has 0 saturated heterocycles. The van der Waals surface area contributed by atoms with E-state index < -0.39 is 11.7 Å². The van der Waals surface area contributed by atoms with Crippen LogP contribution in [0.3, 0.4) is 0 Å². The molecule has 0 spiro atoms. The molecule has 0 fully saturated rings. The van der Waals surface area contributed by atoms with E-state index >= 15 is 0 Å². The van der Waals surface area contributed by atoms with Crippen molar-refractivity contribution in [3.8, 4) is 11.5 Å². The number of carbonyl (C=O) groups is 3. The molecule has 18 heavy (non-hydrogen) atoms. The van der Waals surface area contributed by atoms with Crippen molar-refractivity contribution in [3.05, 3.63) is 23.3 Å². The zero-order valence-corrected chi connectivity index (χ0v) is 10.1. The SMILES string of the molecule is COc1ccc(OC)c2c1C(=O)CC(C=O)C2=O. The van der Waals surface area contributed by atoms with Crippen LogP contribution in [-0.2, 0) is 4.79 Å². The second-order valence-electron chi connectivity index (χ2n) is 3.95. The third-order valence-corrected chi connectivity index (χ3v) is 3.00. The first kappa shape index (κ1) is 12.3. The highest BCUT2D eigenvalue weighted by Crippen LogP contribution is 2.37. The van der Waals surface area contributed by atoms with Crippen LogP contribution < -0.4 is 9.47 Å². The van der Waals surface area contributed by atoms with E-state index in [-0.39, 0.29) is 29.1 Å². The number of Topliss-reactive ketones (excluding diaryl/α,β-unsaturated/α-hetero) is 2. The molecule has 0 saturated carbocycles. The predicted octanol–water partition coefficient (Wildman–Crippen LogP) is 1.29. The van der Waals surface area contributed by atoms with E-state index in [4.69, 9.17) is 9.47 Å². The topological polar surface area (TPSA) is 69.7 Å². The fourth-order valence-electron chi connectivity index (χ4n) is 2.12. The molecule has 1 aliphatic rings. The van der Waals surface area contributed by atoms with Crippen LogP contribution in [0.15, 0.2) is 12.1 Å². The van der Waals surface area contributed by atoms with Crippen LogP contribution >= 0.6 is 0 Å². The van der Waals surface area contributed by atoms with Crippen molar-refractivity contribution >= 4 is 17.9 Å². The van der Waals surface area contributed by atoms with E-state index in [9.17, 15) is 14.4 Å². The highest BCUT2D eigenvalue weighted by atomic mass is 16.5. The summed E-state index contributed by atoms with van der Waals surface area (Å²) in [6.45, 7) is 0. The molecule has 94 valence electrons. The maximum atomic E-state index is 12.1. The molecular formula is C13H12O5. The molecule has 1 aromatic carbocycles. The Balaban J connectivity index is 2.72. The Morgan fingerprint density at radius 3 is 2.17 bits per heavy atom. The molecule has 0 heterocycles. The first-order chi connectivity index (χ1) is 8.63. The summed E-state index contributed by atoms with van der Waals surface area (Å²) in [7, 11) is 2.83. The van der Waals surface area contributed by atoms with Crippen LogP contribution in [-0.4, -0.2) is 32.1 Å². The molecule has 0 radical (unpaired) electrons. The number of hydrogen-bond donors (Lipinski definition) is 0. The molecule has 0 amide bonds. The van der Waals surface area contributed by atoms with Gasteiger partial charge in [0.2, 0.25) is 0 Å². The standard InChI is InChI=1S/C13H12O5/c1-17-9-3-4-10(18-2)12-11(9)8(15)5-7(6-14)13(12)16/h3-4,6-7H,5H2,1-2H3. The molecular weight excluding hydrogens is 236 g/mol. The van der Waals surface area contributed by atoms with Gasteiger partial charge < -0.3 is 14.3 Å². The van der Waals surface area contributed by atoms with Gasteiger partial charge in [-0.1, -0.05) is 0 Å². The number of ketones is 2. The van der Waals surface area contributed by atoms with Crippen LogP contribution in [0.25, 0.3) is 0 Å². The minimum Gasteiger partial charge on any atom is -0.496 e. The second-order valence-corrected chi connectivity index (χ2v) is 3.95. The minimum atomic E-state index is -0.925. The van der Waals surface area contributed by atoms with Gasteiger partial charge in [-0.15, -0.1) is 0 Å². The van der Waals surface area contributed by atoms with Crippen LogP contribution in [0.4, 0.5) is 0 Å². The molecule has 1 atom stereocenters. The number of ether oxygens (including phenoxy) is 2. The third-order valence-electron chi connectivity index (χ3n) is 3.00. The van der Waals surface area contributed by atoms with Crippen LogP contribution in [0.5, 0.6) is 11.5 Å². The molecule has 0 N–H and O–H groups in total. The summed E-state index contributed by atoms with van der Waals surface area (Å²) < 4.78 is 10.2. The summed E-state index contributed by atoms with van der Waals surface area (Å²) in [5, 5.41) is 0. The van der Waals surface area contributed by atoms with Crippen molar-refractivity contribution in [1.82, 2.24) is 0 Å². The lowest BCUT2D eigenvalue weighted by molar-refractivity contribution is -0.109. The van der Waals surface area contributed by atoms with Crippen molar-refractivity contribution < 1.29 is 23.9 Å². The van der Waals surface area contributed by atoms with Crippen molar-refractivity contribution in [1.29, 1.82) is 0 Å². The van der Waals surface area contributed by atoms with Gasteiger partial charge in [0.15, 0.2) is 11.6 Å². The van der Waals surface area contributed by atoms with Gasteiger partial charge in [-0.05, 0) is 12.1 Å². The Morgan fingerprint density at radius 1 is 1.11 bits per heavy atom. The zero-order valence-electron chi connectivity index (χ0n) is 10.1. The average Bonchev–Trinajstić information content (AvgIpc) is 2.41. The van der Waals surface area contributed by atoms with E-state index in [0.29, 0.717) is 12.0 Å². The molecule has 0 bridgehead atoms. The van der Waals surface area contributed by atoms with E-state index in [0.717, 1.165) is 0 Å². The molecule has 1 aliphatic carbocycles. The van der Waals surface area contributed by atoms with Crippen LogP contribution in [0.2, 0.25) is 0 Å². The number of benzene rings is 1. The van der Waals surface area contributed by atoms with E-state index in [2.05, 4.69) is 0 Å². The van der Waals surface area contributed by atoms with Crippen molar-refractivity contribution in [2.45, 2.75) is 6.42 Å². The Morgan fingerprint density at radius 2 is 1.67 bits per heavy atom. The summed E-state index contributed by atoms with van der Waals surface area (Å²) in [5.41, 5.74) is 0.352. The zero-order chi connectivity index (χ0) is 13.3. The van der Waals surface area contributed by atoms with Gasteiger partial charge in [0.1, 0.15) is 17.8 Å². The minimum absolute atomic E-state index is 0.112. The Kier molecular flexibility index (Phi) is 3.14. The second kappa shape index (κ2) is 4.60. The highest BCUT2D eigenvalue weighted by Gasteiger charge is 2.37. The van der Waals surface area contributed by atoms with Gasteiger partial charge in [-0.3, -0.25) is 9.59 Å². The number of fused-ring (bicyclic) bond motifs is 1. The molecule has 5 heteroatoms. The Hall–Kier alpha value is -2.17. The van der Waals surface area contributed by atoms with E-state index in [1.165, 1.54) is 14.2 Å². The lowest BCUT2D eigenvalue weighted by atomic mass is 9.81. The predicted molar refractivity (Wildman–Crippen MR) is 62.4 cm³/mol.